The van der Waals surface area contributed by atoms with Crippen LogP contribution in [0.15, 0.2) is 12.7 Å². The van der Waals surface area contributed by atoms with Crippen LogP contribution < -0.4 is 4.72 Å². The molecule has 0 bridgehead atoms. The van der Waals surface area contributed by atoms with E-state index in [4.69, 9.17) is 0 Å². The van der Waals surface area contributed by atoms with Gasteiger partial charge in [-0.25, -0.2) is 4.72 Å². The molecule has 1 saturated carbocycles. The van der Waals surface area contributed by atoms with Crippen LogP contribution in [-0.2, 0) is 15.0 Å². The molecule has 0 spiro atoms. The van der Waals surface area contributed by atoms with Crippen LogP contribution in [0, 0.1) is 11.8 Å². The van der Waals surface area contributed by atoms with Crippen molar-refractivity contribution in [2.45, 2.75) is 6.42 Å². The lowest BCUT2D eigenvalue weighted by atomic mass is 10.3. The van der Waals surface area contributed by atoms with Gasteiger partial charge in [-0.1, -0.05) is 6.08 Å². The highest BCUT2D eigenvalue weighted by Crippen LogP contribution is 2.39. The lowest BCUT2D eigenvalue weighted by molar-refractivity contribution is -0.120. The standard InChI is InChI=1S/C8H14N2O3S/c1-4-6-5-7(6)8(11)9-14(12,13)10(2)3/h4,6-7H,1,5H2,2-3H3,(H,9,11). The van der Waals surface area contributed by atoms with Gasteiger partial charge in [0, 0.05) is 20.0 Å². The zero-order valence-electron chi connectivity index (χ0n) is 8.23. The Kier molecular flexibility index (Phi) is 2.96. The molecule has 0 aromatic carbocycles. The highest BCUT2D eigenvalue weighted by molar-refractivity contribution is 7.87. The first-order valence-corrected chi connectivity index (χ1v) is 5.69. The van der Waals surface area contributed by atoms with Crippen molar-refractivity contribution < 1.29 is 13.2 Å². The Labute approximate surface area is 84.0 Å². The molecule has 1 aliphatic rings. The summed E-state index contributed by atoms with van der Waals surface area (Å²) >= 11 is 0. The Hall–Kier alpha value is -0.880. The summed E-state index contributed by atoms with van der Waals surface area (Å²) < 4.78 is 25.4. The van der Waals surface area contributed by atoms with Crippen LogP contribution in [0.25, 0.3) is 0 Å². The number of nitrogens with one attached hydrogen (secondary N) is 1. The Morgan fingerprint density at radius 1 is 1.57 bits per heavy atom. The number of hydrogen-bond acceptors (Lipinski definition) is 3. The minimum absolute atomic E-state index is 0.132. The fourth-order valence-electron chi connectivity index (χ4n) is 1.07. The minimum Gasteiger partial charge on any atom is -0.274 e. The zero-order valence-corrected chi connectivity index (χ0v) is 9.04. The maximum absolute atomic E-state index is 11.3. The molecule has 1 rings (SSSR count). The van der Waals surface area contributed by atoms with Crippen LogP contribution in [0.4, 0.5) is 0 Å². The van der Waals surface area contributed by atoms with E-state index in [2.05, 4.69) is 6.58 Å². The van der Waals surface area contributed by atoms with Crippen molar-refractivity contribution in [1.29, 1.82) is 0 Å². The molecule has 14 heavy (non-hydrogen) atoms. The molecule has 0 radical (unpaired) electrons. The third-order valence-electron chi connectivity index (χ3n) is 2.19. The molecule has 0 aromatic rings. The van der Waals surface area contributed by atoms with Gasteiger partial charge in [0.05, 0.1) is 0 Å². The molecule has 2 unspecified atom stereocenters. The van der Waals surface area contributed by atoms with Crippen LogP contribution >= 0.6 is 0 Å². The third kappa shape index (κ3) is 2.33. The van der Waals surface area contributed by atoms with Gasteiger partial charge in [0.25, 0.3) is 0 Å². The quantitative estimate of drug-likeness (QED) is 0.661. The molecule has 80 valence electrons. The van der Waals surface area contributed by atoms with Crippen molar-refractivity contribution in [3.63, 3.8) is 0 Å². The minimum atomic E-state index is -3.63. The van der Waals surface area contributed by atoms with Crippen molar-refractivity contribution >= 4 is 16.1 Å². The first-order chi connectivity index (χ1) is 6.38. The molecule has 0 aliphatic heterocycles. The van der Waals surface area contributed by atoms with Crippen LogP contribution in [0.5, 0.6) is 0 Å². The SMILES string of the molecule is C=CC1CC1C(=O)NS(=O)(=O)N(C)C. The number of allylic oxidation sites excluding steroid dienone is 1. The third-order valence-corrected chi connectivity index (χ3v) is 3.61. The van der Waals surface area contributed by atoms with Gasteiger partial charge in [-0.3, -0.25) is 4.79 Å². The molecule has 5 nitrogen and oxygen atoms in total. The van der Waals surface area contributed by atoms with Gasteiger partial charge in [-0.2, -0.15) is 12.7 Å². The monoisotopic (exact) mass is 218 g/mol. The van der Waals surface area contributed by atoms with Crippen molar-refractivity contribution in [3.8, 4) is 0 Å². The summed E-state index contributed by atoms with van der Waals surface area (Å²) in [5.74, 6) is -0.529. The molecule has 0 aromatic heterocycles. The van der Waals surface area contributed by atoms with Crippen LogP contribution in [0.1, 0.15) is 6.42 Å². The summed E-state index contributed by atoms with van der Waals surface area (Å²) in [4.78, 5) is 11.3. The molecular formula is C8H14N2O3S. The maximum atomic E-state index is 11.3. The summed E-state index contributed by atoms with van der Waals surface area (Å²) in [6.07, 6.45) is 2.37. The van der Waals surface area contributed by atoms with Gasteiger partial charge in [-0.15, -0.1) is 6.58 Å². The molecule has 1 fully saturated rings. The number of nitrogens with zero attached hydrogens (tertiary/aromatic N) is 1. The predicted molar refractivity (Wildman–Crippen MR) is 52.5 cm³/mol. The van der Waals surface area contributed by atoms with Crippen molar-refractivity contribution in [2.24, 2.45) is 11.8 Å². The fourth-order valence-corrected chi connectivity index (χ4v) is 1.66. The highest BCUT2D eigenvalue weighted by Gasteiger charge is 2.42. The van der Waals surface area contributed by atoms with Gasteiger partial charge in [-0.05, 0) is 12.3 Å². The Morgan fingerprint density at radius 2 is 2.14 bits per heavy atom. The van der Waals surface area contributed by atoms with Crippen molar-refractivity contribution in [2.75, 3.05) is 14.1 Å². The van der Waals surface area contributed by atoms with E-state index in [1.165, 1.54) is 14.1 Å². The second-order valence-electron chi connectivity index (χ2n) is 3.50. The molecule has 1 amide bonds. The largest absolute Gasteiger partial charge is 0.303 e. The van der Waals surface area contributed by atoms with Crippen molar-refractivity contribution in [3.05, 3.63) is 12.7 Å². The summed E-state index contributed by atoms with van der Waals surface area (Å²) in [6.45, 7) is 3.55. The molecule has 0 saturated heterocycles. The smallest absolute Gasteiger partial charge is 0.274 e. The molecule has 1 N–H and O–H groups in total. The highest BCUT2D eigenvalue weighted by atomic mass is 32.2. The number of carbonyl (C=O) groups excluding carboxylic acids is 1. The van der Waals surface area contributed by atoms with Gasteiger partial charge < -0.3 is 0 Å². The van der Waals surface area contributed by atoms with Crippen LogP contribution in [0.2, 0.25) is 0 Å². The Balaban J connectivity index is 2.55. The second kappa shape index (κ2) is 3.70. The molecule has 1 aliphatic carbocycles. The van der Waals surface area contributed by atoms with Crippen molar-refractivity contribution in [1.82, 2.24) is 9.03 Å². The van der Waals surface area contributed by atoms with E-state index in [1.54, 1.807) is 6.08 Å². The summed E-state index contributed by atoms with van der Waals surface area (Å²) in [5.41, 5.74) is 0. The molecular weight excluding hydrogens is 204 g/mol. The molecule has 2 atom stereocenters. The van der Waals surface area contributed by atoms with E-state index in [-0.39, 0.29) is 11.8 Å². The lowest BCUT2D eigenvalue weighted by Gasteiger charge is -2.11. The molecule has 6 heteroatoms. The average molecular weight is 218 g/mol. The second-order valence-corrected chi connectivity index (χ2v) is 5.38. The summed E-state index contributed by atoms with van der Waals surface area (Å²) in [6, 6.07) is 0. The van der Waals surface area contributed by atoms with Gasteiger partial charge in [0.2, 0.25) is 5.91 Å². The Bertz CT molecular complexity index is 348. The fraction of sp³-hybridized carbons (Fsp3) is 0.625. The zero-order chi connectivity index (χ0) is 10.9. The number of hydrogen-bond donors (Lipinski definition) is 1. The van der Waals surface area contributed by atoms with E-state index in [0.717, 1.165) is 4.31 Å². The van der Waals surface area contributed by atoms with Gasteiger partial charge in [0.1, 0.15) is 0 Å². The maximum Gasteiger partial charge on any atom is 0.303 e. The number of rotatable bonds is 4. The number of carbonyl (C=O) groups is 1. The van der Waals surface area contributed by atoms with Crippen LogP contribution in [-0.4, -0.2) is 32.7 Å². The average Bonchev–Trinajstić information content (AvgIpc) is 2.81. The Morgan fingerprint density at radius 3 is 2.50 bits per heavy atom. The van der Waals surface area contributed by atoms with E-state index >= 15 is 0 Å². The summed E-state index contributed by atoms with van der Waals surface area (Å²) in [5, 5.41) is 0. The molecule has 0 heterocycles. The predicted octanol–water partition coefficient (Wildman–Crippen LogP) is -0.269. The topological polar surface area (TPSA) is 66.5 Å². The first kappa shape index (κ1) is 11.2. The normalized spacial score (nSPS) is 25.9. The van der Waals surface area contributed by atoms with Gasteiger partial charge >= 0.3 is 10.2 Å². The lowest BCUT2D eigenvalue weighted by Crippen LogP contribution is -2.40. The first-order valence-electron chi connectivity index (χ1n) is 4.25. The van der Waals surface area contributed by atoms with E-state index < -0.39 is 16.1 Å². The van der Waals surface area contributed by atoms with Gasteiger partial charge in [0.15, 0.2) is 0 Å². The van der Waals surface area contributed by atoms with E-state index in [9.17, 15) is 13.2 Å². The van der Waals surface area contributed by atoms with E-state index in [0.29, 0.717) is 6.42 Å². The summed E-state index contributed by atoms with van der Waals surface area (Å²) in [7, 11) is -0.898. The van der Waals surface area contributed by atoms with Crippen LogP contribution in [0.3, 0.4) is 0 Å². The van der Waals surface area contributed by atoms with E-state index in [1.807, 2.05) is 4.72 Å². The number of amides is 1.